The van der Waals surface area contributed by atoms with Gasteiger partial charge in [-0.1, -0.05) is 236 Å². The molecule has 0 aromatic carbocycles. The molecule has 106 heavy (non-hydrogen) atoms. The van der Waals surface area contributed by atoms with Crippen LogP contribution in [0.5, 0.6) is 0 Å². The number of aromatic nitrogens is 5. The Balaban J connectivity index is -0.000000371. The quantitative estimate of drug-likeness (QED) is 0.101. The van der Waals surface area contributed by atoms with Crippen molar-refractivity contribution in [1.82, 2.24) is 49.4 Å². The first-order valence-corrected chi connectivity index (χ1v) is 44.3. The largest absolute Gasteiger partial charge is 0.299 e. The van der Waals surface area contributed by atoms with Crippen molar-refractivity contribution in [3.8, 4) is 0 Å². The Bertz CT molecular complexity index is 2120. The Morgan fingerprint density at radius 2 is 0.528 bits per heavy atom. The van der Waals surface area contributed by atoms with E-state index in [-0.39, 0.29) is 0 Å². The second-order valence-corrected chi connectivity index (χ2v) is 29.8. The zero-order valence-corrected chi connectivity index (χ0v) is 76.4. The van der Waals surface area contributed by atoms with Crippen LogP contribution >= 0.6 is 0 Å². The molecule has 5 aromatic heterocycles. The van der Waals surface area contributed by atoms with Crippen molar-refractivity contribution >= 4 is 0 Å². The summed E-state index contributed by atoms with van der Waals surface area (Å²) in [7, 11) is 11.2. The van der Waals surface area contributed by atoms with Gasteiger partial charge in [0, 0.05) is 112 Å². The molecule has 0 saturated heterocycles. The minimum Gasteiger partial charge on any atom is -0.299 e. The van der Waals surface area contributed by atoms with Crippen molar-refractivity contribution in [1.29, 1.82) is 0 Å². The van der Waals surface area contributed by atoms with Gasteiger partial charge >= 0.3 is 0 Å². The second-order valence-electron chi connectivity index (χ2n) is 29.8. The molecule has 1 unspecified atom stereocenters. The lowest BCUT2D eigenvalue weighted by atomic mass is 9.86. The summed E-state index contributed by atoms with van der Waals surface area (Å²) in [5, 5.41) is 0. The number of hydrogen-bond acceptors (Lipinski definition) is 10. The SMILES string of the molecule is CC.CC.CC.CC.CC.CC1CCC(N(C)C(C)c2cccnc2)CC1.CC1CCC(N(C)Cc2ccccn2)CC1.CC1CCC(N(C)Cc2ccccn2)CC1.CC1CCC(N(C)Cc2cccnc2)CC1.CC1CCC(N(C)Cc2cccnc2)CC1.CCC.CCC.CCC.CCC.CCC. The lowest BCUT2D eigenvalue weighted by Gasteiger charge is -2.37. The van der Waals surface area contributed by atoms with E-state index in [9.17, 15) is 0 Å². The highest BCUT2D eigenvalue weighted by Gasteiger charge is 2.27. The smallest absolute Gasteiger partial charge is 0.0543 e. The molecular weight excluding hydrogens is 1290 g/mol. The summed E-state index contributed by atoms with van der Waals surface area (Å²) in [5.74, 6) is 4.65. The monoisotopic (exact) mass is 1480 g/mol. The van der Waals surface area contributed by atoms with Crippen molar-refractivity contribution in [2.75, 3.05) is 35.2 Å². The molecule has 5 fully saturated rings. The fraction of sp³-hybridized carbons (Fsp3) is 0.740. The van der Waals surface area contributed by atoms with Crippen molar-refractivity contribution in [2.24, 2.45) is 29.6 Å². The molecule has 5 saturated carbocycles. The Kier molecular flexibility index (Phi) is 81.7. The van der Waals surface area contributed by atoms with Gasteiger partial charge in [-0.3, -0.25) is 49.4 Å². The van der Waals surface area contributed by atoms with Crippen LogP contribution in [-0.4, -0.2) is 115 Å². The molecule has 0 N–H and O–H groups in total. The van der Waals surface area contributed by atoms with Crippen molar-refractivity contribution in [2.45, 2.75) is 403 Å². The second kappa shape index (κ2) is 78.7. The van der Waals surface area contributed by atoms with E-state index in [4.69, 9.17) is 0 Å². The van der Waals surface area contributed by atoms with Crippen LogP contribution in [0.1, 0.15) is 375 Å². The molecule has 0 amide bonds. The predicted molar refractivity (Wildman–Crippen MR) is 477 cm³/mol. The lowest BCUT2D eigenvalue weighted by molar-refractivity contribution is 0.131. The minimum atomic E-state index is 0.474. The van der Waals surface area contributed by atoms with E-state index in [1.54, 1.807) is 0 Å². The van der Waals surface area contributed by atoms with Gasteiger partial charge < -0.3 is 0 Å². The first kappa shape index (κ1) is 110. The standard InChI is InChI=1S/C15H24N2.4C14H22N2.5C3H8.5C2H6/c1-12-6-8-15(9-7-12)17(3)13(2)14-5-4-10-16-11-14;2*1-12-5-7-14(8-6-12)16(2)11-13-4-3-9-15-10-13;2*1-12-6-8-14(9-7-12)16(2)11-13-5-3-4-10-15-13;5*1-3-2;5*1-2/h4-5,10-13,15H,6-9H2,1-3H3;2*3-4,9-10,12,14H,5-8,11H2,1-2H3;2*3-5,10,12,14H,6-9,11H2,1-2H3;5*3H2,1-2H3;5*1-2H3. The Hall–Kier alpha value is -4.45. The Labute approximate surface area is 664 Å². The van der Waals surface area contributed by atoms with E-state index in [1.165, 1.54) is 189 Å². The summed E-state index contributed by atoms with van der Waals surface area (Å²) in [6.07, 6.45) is 48.9. The average molecular weight is 1480 g/mol. The summed E-state index contributed by atoms with van der Waals surface area (Å²) >= 11 is 0. The maximum Gasteiger partial charge on any atom is 0.0543 e. The number of pyridine rings is 5. The first-order valence-electron chi connectivity index (χ1n) is 44.3. The molecule has 10 heteroatoms. The molecule has 5 aliphatic carbocycles. The molecule has 0 aliphatic heterocycles. The third-order valence-electron chi connectivity index (χ3n) is 19.4. The minimum absolute atomic E-state index is 0.474. The first-order chi connectivity index (χ1) is 51.3. The van der Waals surface area contributed by atoms with E-state index in [2.05, 4.69) is 238 Å². The van der Waals surface area contributed by atoms with E-state index in [1.807, 2.05) is 149 Å². The van der Waals surface area contributed by atoms with Crippen LogP contribution in [0.25, 0.3) is 0 Å². The number of rotatable bonds is 15. The zero-order chi connectivity index (χ0) is 81.3. The normalized spacial score (nSPS) is 21.1. The molecule has 1 atom stereocenters. The van der Waals surface area contributed by atoms with Gasteiger partial charge in [-0.15, -0.1) is 0 Å². The molecule has 10 nitrogen and oxygen atoms in total. The lowest BCUT2D eigenvalue weighted by Crippen LogP contribution is -2.36. The van der Waals surface area contributed by atoms with E-state index in [0.29, 0.717) is 6.04 Å². The fourth-order valence-electron chi connectivity index (χ4n) is 13.1. The maximum atomic E-state index is 4.39. The molecule has 616 valence electrons. The van der Waals surface area contributed by atoms with Gasteiger partial charge in [0.1, 0.15) is 0 Å². The molecule has 5 aromatic rings. The zero-order valence-electron chi connectivity index (χ0n) is 76.4. The highest BCUT2D eigenvalue weighted by atomic mass is 15.2. The Morgan fingerprint density at radius 3 is 0.745 bits per heavy atom. The van der Waals surface area contributed by atoms with Crippen LogP contribution in [0.4, 0.5) is 0 Å². The van der Waals surface area contributed by atoms with Crippen molar-refractivity contribution in [3.63, 3.8) is 0 Å². The topological polar surface area (TPSA) is 80.7 Å². The maximum absolute atomic E-state index is 4.39. The van der Waals surface area contributed by atoms with Crippen LogP contribution in [0.3, 0.4) is 0 Å². The van der Waals surface area contributed by atoms with E-state index in [0.717, 1.165) is 86.0 Å². The van der Waals surface area contributed by atoms with Crippen LogP contribution < -0.4 is 0 Å². The highest BCUT2D eigenvalue weighted by Crippen LogP contribution is 2.33. The van der Waals surface area contributed by atoms with Crippen LogP contribution in [0.2, 0.25) is 0 Å². The van der Waals surface area contributed by atoms with Crippen LogP contribution in [0, 0.1) is 29.6 Å². The van der Waals surface area contributed by atoms with Gasteiger partial charge in [-0.2, -0.15) is 0 Å². The predicted octanol–water partition coefficient (Wildman–Crippen LogP) is 28.2. The van der Waals surface area contributed by atoms with Crippen LogP contribution in [-0.2, 0) is 26.2 Å². The van der Waals surface area contributed by atoms with Gasteiger partial charge in [0.2, 0.25) is 0 Å². The molecule has 10 rings (SSSR count). The fourth-order valence-corrected chi connectivity index (χ4v) is 13.1. The van der Waals surface area contributed by atoms with Gasteiger partial charge in [0.25, 0.3) is 0 Å². The summed E-state index contributed by atoms with van der Waals surface area (Å²) in [6.45, 7) is 59.4. The Morgan fingerprint density at radius 1 is 0.292 bits per heavy atom. The van der Waals surface area contributed by atoms with Crippen LogP contribution in [0.15, 0.2) is 122 Å². The molecule has 5 heterocycles. The number of nitrogens with zero attached hydrogens (tertiary/aromatic N) is 10. The van der Waals surface area contributed by atoms with Crippen molar-refractivity contribution in [3.05, 3.63) is 150 Å². The van der Waals surface area contributed by atoms with E-state index >= 15 is 0 Å². The average Bonchev–Trinajstić information content (AvgIpc) is 0.865. The highest BCUT2D eigenvalue weighted by molar-refractivity contribution is 5.14. The molecule has 5 aliphatic rings. The molecule has 0 bridgehead atoms. The molecule has 0 spiro atoms. The number of hydrogen-bond donors (Lipinski definition) is 0. The van der Waals surface area contributed by atoms with Gasteiger partial charge in [-0.25, -0.2) is 0 Å². The summed E-state index contributed by atoms with van der Waals surface area (Å²) in [6, 6.07) is 29.2. The molecular formula is C96H182N10. The summed E-state index contributed by atoms with van der Waals surface area (Å²) < 4.78 is 0. The van der Waals surface area contributed by atoms with Gasteiger partial charge in [0.05, 0.1) is 11.4 Å². The van der Waals surface area contributed by atoms with Gasteiger partial charge in [-0.05, 0) is 259 Å². The summed E-state index contributed by atoms with van der Waals surface area (Å²) in [4.78, 5) is 33.8. The third kappa shape index (κ3) is 57.6. The van der Waals surface area contributed by atoms with E-state index < -0.39 is 0 Å². The van der Waals surface area contributed by atoms with Crippen molar-refractivity contribution < 1.29 is 0 Å². The third-order valence-corrected chi connectivity index (χ3v) is 19.4. The van der Waals surface area contributed by atoms with Gasteiger partial charge in [0.15, 0.2) is 0 Å². The summed E-state index contributed by atoms with van der Waals surface area (Å²) in [5.41, 5.74) is 6.34. The molecule has 0 radical (unpaired) electrons.